The Labute approximate surface area is 219 Å². The predicted octanol–water partition coefficient (Wildman–Crippen LogP) is 6.33. The number of nitriles is 1. The molecule has 0 aromatic heterocycles. The van der Waals surface area contributed by atoms with Gasteiger partial charge in [-0.1, -0.05) is 40.9 Å². The molecule has 3 aromatic rings. The molecule has 0 spiro atoms. The van der Waals surface area contributed by atoms with E-state index in [1.807, 2.05) is 0 Å². The van der Waals surface area contributed by atoms with Gasteiger partial charge < -0.3 is 14.8 Å². The van der Waals surface area contributed by atoms with E-state index in [1.165, 1.54) is 43.5 Å². The Bertz CT molecular complexity index is 1410. The average Bonchev–Trinajstić information content (AvgIpc) is 2.85. The van der Waals surface area contributed by atoms with Gasteiger partial charge in [0.2, 0.25) is 0 Å². The van der Waals surface area contributed by atoms with Crippen LogP contribution in [0.25, 0.3) is 6.08 Å². The number of carbonyl (C=O) groups excluding carboxylic acids is 2. The largest absolute Gasteiger partial charge is 0.493 e. The first-order valence-corrected chi connectivity index (χ1v) is 11.0. The summed E-state index contributed by atoms with van der Waals surface area (Å²) >= 11 is 17.9. The van der Waals surface area contributed by atoms with Gasteiger partial charge in [0, 0.05) is 17.2 Å². The van der Waals surface area contributed by atoms with Crippen LogP contribution in [-0.4, -0.2) is 23.9 Å². The van der Waals surface area contributed by atoms with Crippen LogP contribution < -0.4 is 14.8 Å². The number of esters is 1. The minimum absolute atomic E-state index is 0.0860. The molecule has 3 rings (SSSR count). The quantitative estimate of drug-likeness (QED) is 0.0914. The van der Waals surface area contributed by atoms with Gasteiger partial charge in [-0.3, -0.25) is 14.9 Å². The van der Waals surface area contributed by atoms with Gasteiger partial charge in [0.1, 0.15) is 11.6 Å². The summed E-state index contributed by atoms with van der Waals surface area (Å²) < 4.78 is 10.7. The zero-order valence-electron chi connectivity index (χ0n) is 18.3. The molecule has 0 saturated heterocycles. The van der Waals surface area contributed by atoms with Crippen molar-refractivity contribution in [1.29, 1.82) is 5.26 Å². The van der Waals surface area contributed by atoms with Gasteiger partial charge in [-0.25, -0.2) is 4.79 Å². The Morgan fingerprint density at radius 1 is 1.03 bits per heavy atom. The molecule has 0 bridgehead atoms. The molecule has 1 N–H and O–H groups in total. The first-order chi connectivity index (χ1) is 17.1. The number of amides is 1. The maximum absolute atomic E-state index is 12.7. The van der Waals surface area contributed by atoms with Gasteiger partial charge in [0.05, 0.1) is 33.3 Å². The zero-order chi connectivity index (χ0) is 26.4. The van der Waals surface area contributed by atoms with Crippen LogP contribution in [0.2, 0.25) is 15.1 Å². The molecule has 0 unspecified atom stereocenters. The second-order valence-electron chi connectivity index (χ2n) is 6.97. The second kappa shape index (κ2) is 11.6. The number of nitro benzene ring substituents is 1. The van der Waals surface area contributed by atoms with Crippen molar-refractivity contribution in [2.24, 2.45) is 0 Å². The summed E-state index contributed by atoms with van der Waals surface area (Å²) in [6, 6.07) is 14.3. The summed E-state index contributed by atoms with van der Waals surface area (Å²) in [5, 5.41) is 22.9. The fourth-order valence-electron chi connectivity index (χ4n) is 2.88. The number of hydrogen-bond acceptors (Lipinski definition) is 7. The number of rotatable bonds is 7. The topological polar surface area (TPSA) is 132 Å². The predicted molar refractivity (Wildman–Crippen MR) is 135 cm³/mol. The molecule has 1 amide bonds. The molecule has 36 heavy (non-hydrogen) atoms. The van der Waals surface area contributed by atoms with Crippen molar-refractivity contribution in [2.75, 3.05) is 12.4 Å². The summed E-state index contributed by atoms with van der Waals surface area (Å²) in [4.78, 5) is 35.3. The van der Waals surface area contributed by atoms with Crippen molar-refractivity contribution in [2.45, 2.75) is 0 Å². The number of benzene rings is 3. The van der Waals surface area contributed by atoms with Gasteiger partial charge in [0.15, 0.2) is 11.5 Å². The molecular weight excluding hydrogens is 533 g/mol. The van der Waals surface area contributed by atoms with Crippen LogP contribution in [0.3, 0.4) is 0 Å². The zero-order valence-corrected chi connectivity index (χ0v) is 20.5. The van der Waals surface area contributed by atoms with Crippen molar-refractivity contribution in [3.63, 3.8) is 0 Å². The van der Waals surface area contributed by atoms with Crippen LogP contribution in [-0.2, 0) is 4.79 Å². The van der Waals surface area contributed by atoms with Gasteiger partial charge in [-0.15, -0.1) is 0 Å². The fraction of sp³-hybridized carbons (Fsp3) is 0.0417. The summed E-state index contributed by atoms with van der Waals surface area (Å²) in [7, 11) is 1.36. The smallest absolute Gasteiger partial charge is 0.343 e. The van der Waals surface area contributed by atoms with E-state index in [0.29, 0.717) is 10.6 Å². The summed E-state index contributed by atoms with van der Waals surface area (Å²) in [5.41, 5.74) is -0.114. The highest BCUT2D eigenvalue weighted by Crippen LogP contribution is 2.35. The minimum atomic E-state index is -0.854. The number of methoxy groups -OCH3 is 1. The van der Waals surface area contributed by atoms with E-state index >= 15 is 0 Å². The molecule has 0 aliphatic carbocycles. The minimum Gasteiger partial charge on any atom is -0.493 e. The highest BCUT2D eigenvalue weighted by Gasteiger charge is 2.19. The van der Waals surface area contributed by atoms with Gasteiger partial charge >= 0.3 is 5.97 Å². The average molecular weight is 547 g/mol. The Morgan fingerprint density at radius 2 is 1.67 bits per heavy atom. The number of anilines is 1. The lowest BCUT2D eigenvalue weighted by Gasteiger charge is -2.11. The third kappa shape index (κ3) is 6.31. The third-order valence-corrected chi connectivity index (χ3v) is 5.47. The number of non-ortho nitro benzene ring substituents is 1. The molecule has 0 fully saturated rings. The lowest BCUT2D eigenvalue weighted by molar-refractivity contribution is -0.384. The molecule has 12 heteroatoms. The van der Waals surface area contributed by atoms with Crippen LogP contribution in [0.5, 0.6) is 11.5 Å². The molecule has 0 saturated carbocycles. The van der Waals surface area contributed by atoms with E-state index in [0.717, 1.165) is 12.1 Å². The van der Waals surface area contributed by atoms with E-state index < -0.39 is 16.8 Å². The number of nitrogens with one attached hydrogen (secondary N) is 1. The lowest BCUT2D eigenvalue weighted by Crippen LogP contribution is -2.14. The number of carbonyl (C=O) groups is 2. The molecule has 0 heterocycles. The highest BCUT2D eigenvalue weighted by molar-refractivity contribution is 6.40. The molecule has 0 radical (unpaired) electrons. The van der Waals surface area contributed by atoms with Gasteiger partial charge in [0.25, 0.3) is 11.6 Å². The third-order valence-electron chi connectivity index (χ3n) is 4.62. The molecule has 3 aromatic carbocycles. The highest BCUT2D eigenvalue weighted by atomic mass is 35.5. The van der Waals surface area contributed by atoms with Crippen LogP contribution >= 0.6 is 34.8 Å². The monoisotopic (exact) mass is 545 g/mol. The van der Waals surface area contributed by atoms with Crippen molar-refractivity contribution in [1.82, 2.24) is 0 Å². The van der Waals surface area contributed by atoms with Gasteiger partial charge in [-0.05, 0) is 48.0 Å². The Balaban J connectivity index is 1.83. The summed E-state index contributed by atoms with van der Waals surface area (Å²) in [6.45, 7) is 0. The molecule has 182 valence electrons. The molecule has 0 aliphatic rings. The molecular formula is C24H14Cl3N3O6. The Morgan fingerprint density at radius 3 is 2.22 bits per heavy atom. The van der Waals surface area contributed by atoms with Crippen molar-refractivity contribution >= 4 is 64.1 Å². The van der Waals surface area contributed by atoms with Crippen molar-refractivity contribution < 1.29 is 24.0 Å². The SMILES string of the molecule is COc1cc(/C=C(\C#N)C(=O)Nc2c(Cl)cc([N+](=O)[O-])cc2Cl)ccc1OC(=O)c1ccc(Cl)cc1. The van der Waals surface area contributed by atoms with E-state index in [9.17, 15) is 25.0 Å². The van der Waals surface area contributed by atoms with Gasteiger partial charge in [-0.2, -0.15) is 5.26 Å². The maximum atomic E-state index is 12.7. The first kappa shape index (κ1) is 26.5. The fourth-order valence-corrected chi connectivity index (χ4v) is 3.58. The second-order valence-corrected chi connectivity index (χ2v) is 8.22. The standard InChI is InChI=1S/C24H14Cl3N3O6/c1-35-21-9-13(2-7-20(21)36-24(32)14-3-5-16(25)6-4-14)8-15(12-28)23(31)29-22-18(26)10-17(30(33)34)11-19(22)27/h2-11H,1H3,(H,29,31)/b15-8+. The van der Waals surface area contributed by atoms with E-state index in [2.05, 4.69) is 5.32 Å². The molecule has 0 atom stereocenters. The number of nitrogens with zero attached hydrogens (tertiary/aromatic N) is 2. The van der Waals surface area contributed by atoms with Crippen LogP contribution in [0.1, 0.15) is 15.9 Å². The maximum Gasteiger partial charge on any atom is 0.343 e. The Kier molecular flexibility index (Phi) is 8.51. The molecule has 9 nitrogen and oxygen atoms in total. The van der Waals surface area contributed by atoms with Crippen LogP contribution in [0.4, 0.5) is 11.4 Å². The van der Waals surface area contributed by atoms with Crippen LogP contribution in [0, 0.1) is 21.4 Å². The van der Waals surface area contributed by atoms with Crippen LogP contribution in [0.15, 0.2) is 60.2 Å². The molecule has 0 aliphatic heterocycles. The van der Waals surface area contributed by atoms with E-state index in [-0.39, 0.29) is 44.1 Å². The Hall–Kier alpha value is -4.10. The number of nitro groups is 1. The number of halogens is 3. The normalized spacial score (nSPS) is 10.8. The van der Waals surface area contributed by atoms with Crippen molar-refractivity contribution in [3.05, 3.63) is 96.5 Å². The summed E-state index contributed by atoms with van der Waals surface area (Å²) in [5.74, 6) is -1.21. The first-order valence-electron chi connectivity index (χ1n) is 9.85. The van der Waals surface area contributed by atoms with E-state index in [1.54, 1.807) is 18.2 Å². The van der Waals surface area contributed by atoms with E-state index in [4.69, 9.17) is 44.3 Å². The lowest BCUT2D eigenvalue weighted by atomic mass is 10.1. The number of hydrogen-bond donors (Lipinski definition) is 1. The van der Waals surface area contributed by atoms with Crippen molar-refractivity contribution in [3.8, 4) is 17.6 Å². The summed E-state index contributed by atoms with van der Waals surface area (Å²) in [6.07, 6.45) is 1.26. The number of ether oxygens (including phenoxy) is 2.